The van der Waals surface area contributed by atoms with E-state index in [2.05, 4.69) is 38.7 Å². The van der Waals surface area contributed by atoms with Crippen molar-refractivity contribution in [3.8, 4) is 17.7 Å². The number of ether oxygens (including phenoxy) is 3. The van der Waals surface area contributed by atoms with E-state index in [0.29, 0.717) is 65.7 Å². The highest BCUT2D eigenvalue weighted by Gasteiger charge is 2.51. The van der Waals surface area contributed by atoms with Gasteiger partial charge in [-0.3, -0.25) is 4.68 Å². The van der Waals surface area contributed by atoms with E-state index in [0.717, 1.165) is 0 Å². The highest BCUT2D eigenvalue weighted by atomic mass is 19.3. The zero-order chi connectivity index (χ0) is 35.8. The number of aliphatic carboxylic acids is 1. The molecule has 4 saturated heterocycles. The number of pyridine rings is 1. The molecule has 1 N–H and O–H groups in total. The average Bonchev–Trinajstić information content (AvgIpc) is 3.82. The summed E-state index contributed by atoms with van der Waals surface area (Å²) < 4.78 is 54.1. The highest BCUT2D eigenvalue weighted by molar-refractivity contribution is 6.06. The van der Waals surface area contributed by atoms with Crippen LogP contribution in [0.25, 0.3) is 22.1 Å². The predicted octanol–water partition coefficient (Wildman–Crippen LogP) is 3.46. The first-order valence-electron chi connectivity index (χ1n) is 17.0. The second kappa shape index (κ2) is 12.0. The molecular weight excluding hydrogens is 678 g/mol. The number of para-hydroxylation sites is 1. The van der Waals surface area contributed by atoms with Gasteiger partial charge in [0.05, 0.1) is 45.5 Å². The maximum Gasteiger partial charge on any atom is 0.326 e. The molecule has 14 nitrogen and oxygen atoms in total. The van der Waals surface area contributed by atoms with Gasteiger partial charge < -0.3 is 38.4 Å². The molecule has 52 heavy (non-hydrogen) atoms. The molecule has 1 aromatic carbocycles. The van der Waals surface area contributed by atoms with Gasteiger partial charge in [-0.2, -0.15) is 10.1 Å². The van der Waals surface area contributed by atoms with Crippen molar-refractivity contribution in [2.45, 2.75) is 43.1 Å². The van der Waals surface area contributed by atoms with Crippen molar-refractivity contribution in [1.82, 2.24) is 24.7 Å². The highest BCUT2D eigenvalue weighted by Crippen LogP contribution is 2.42. The van der Waals surface area contributed by atoms with Gasteiger partial charge in [-0.25, -0.2) is 23.5 Å². The SMILES string of the molecule is C[C@@H]1N(c2cc(C#Cc3ccn(C)n3)cnc2O[C@H]2C[C@@H](C(=O)O)N(c3nc(N4CC(F)(F)C4)nc4c3oc3ccccc34)C2)CCOC12COC2. The minimum Gasteiger partial charge on any atom is -0.480 e. The Morgan fingerprint density at radius 2 is 1.94 bits per heavy atom. The molecular formula is C36H34F2N8O6. The van der Waals surface area contributed by atoms with Crippen molar-refractivity contribution < 1.29 is 37.3 Å². The van der Waals surface area contributed by atoms with Gasteiger partial charge in [0.2, 0.25) is 11.8 Å². The normalized spacial score (nSPS) is 23.4. The van der Waals surface area contributed by atoms with E-state index in [1.807, 2.05) is 43.6 Å². The van der Waals surface area contributed by atoms with Crippen LogP contribution < -0.4 is 19.4 Å². The van der Waals surface area contributed by atoms with Crippen LogP contribution in [-0.4, -0.2) is 112 Å². The van der Waals surface area contributed by atoms with Crippen LogP contribution in [0, 0.1) is 11.8 Å². The Labute approximate surface area is 295 Å². The summed E-state index contributed by atoms with van der Waals surface area (Å²) in [6.45, 7) is 3.09. The predicted molar refractivity (Wildman–Crippen MR) is 184 cm³/mol. The summed E-state index contributed by atoms with van der Waals surface area (Å²) in [6.07, 6.45) is 2.90. The van der Waals surface area contributed by atoms with Crippen LogP contribution >= 0.6 is 0 Å². The zero-order valence-corrected chi connectivity index (χ0v) is 28.3. The molecule has 3 atom stereocenters. The van der Waals surface area contributed by atoms with Crippen LogP contribution in [0.1, 0.15) is 24.6 Å². The lowest BCUT2D eigenvalue weighted by Gasteiger charge is -2.53. The summed E-state index contributed by atoms with van der Waals surface area (Å²) >= 11 is 0. The number of benzene rings is 1. The largest absolute Gasteiger partial charge is 0.480 e. The molecule has 268 valence electrons. The summed E-state index contributed by atoms with van der Waals surface area (Å²) in [5.74, 6) is 2.89. The molecule has 0 bridgehead atoms. The topological polar surface area (TPSA) is 144 Å². The molecule has 8 heterocycles. The standard InChI is InChI=1S/C36H34F2N8O6/c1-21-35(19-49-20-35)50-12-11-45(21)26-13-22(7-8-23-9-10-43(2)42-23)15-39-32(26)51-24-14-27(33(47)48)46(16-24)31-30-29(25-5-3-4-6-28(25)52-30)40-34(41-31)44-17-36(37,38)18-44/h3-6,9-10,13,15,21,24,27H,11-12,14,16-20H2,1-2H3,(H,47,48)/t21-,24-,27-/m0/s1. The quantitative estimate of drug-likeness (QED) is 0.257. The first-order valence-corrected chi connectivity index (χ1v) is 17.0. The number of aryl methyl sites for hydroxylation is 1. The number of halogens is 2. The van der Waals surface area contributed by atoms with Gasteiger partial charge in [-0.05, 0) is 37.1 Å². The van der Waals surface area contributed by atoms with Crippen LogP contribution in [0.2, 0.25) is 0 Å². The lowest BCUT2D eigenvalue weighted by molar-refractivity contribution is -0.228. The Balaban J connectivity index is 1.07. The molecule has 1 spiro atoms. The number of anilines is 3. The van der Waals surface area contributed by atoms with Crippen LogP contribution in [0.5, 0.6) is 5.88 Å². The van der Waals surface area contributed by atoms with Crippen LogP contribution in [0.4, 0.5) is 26.2 Å². The van der Waals surface area contributed by atoms with Crippen molar-refractivity contribution in [1.29, 1.82) is 0 Å². The molecule has 4 aromatic heterocycles. The number of rotatable bonds is 6. The number of nitrogens with zero attached hydrogens (tertiary/aromatic N) is 8. The van der Waals surface area contributed by atoms with Gasteiger partial charge in [0.1, 0.15) is 40.2 Å². The number of hydrogen-bond donors (Lipinski definition) is 1. The van der Waals surface area contributed by atoms with Gasteiger partial charge in [0, 0.05) is 43.4 Å². The molecule has 5 aromatic rings. The van der Waals surface area contributed by atoms with Gasteiger partial charge in [-0.15, -0.1) is 0 Å². The monoisotopic (exact) mass is 712 g/mol. The van der Waals surface area contributed by atoms with Crippen LogP contribution in [0.3, 0.4) is 0 Å². The fraction of sp³-hybridized carbons (Fsp3) is 0.417. The van der Waals surface area contributed by atoms with Crippen molar-refractivity contribution in [2.75, 3.05) is 60.7 Å². The van der Waals surface area contributed by atoms with Crippen molar-refractivity contribution in [2.24, 2.45) is 7.05 Å². The maximum absolute atomic E-state index is 14.0. The third-order valence-corrected chi connectivity index (χ3v) is 10.2. The van der Waals surface area contributed by atoms with E-state index in [4.69, 9.17) is 23.6 Å². The molecule has 16 heteroatoms. The second-order valence-electron chi connectivity index (χ2n) is 13.8. The Morgan fingerprint density at radius 1 is 1.12 bits per heavy atom. The molecule has 9 rings (SSSR count). The molecule has 0 unspecified atom stereocenters. The first kappa shape index (κ1) is 32.4. The maximum atomic E-state index is 14.0. The van der Waals surface area contributed by atoms with Crippen molar-refractivity contribution in [3.63, 3.8) is 0 Å². The number of hydrogen-bond acceptors (Lipinski definition) is 12. The van der Waals surface area contributed by atoms with E-state index >= 15 is 0 Å². The van der Waals surface area contributed by atoms with E-state index in [1.54, 1.807) is 21.8 Å². The van der Waals surface area contributed by atoms with Gasteiger partial charge in [-0.1, -0.05) is 18.1 Å². The van der Waals surface area contributed by atoms with Crippen molar-refractivity contribution in [3.05, 3.63) is 60.0 Å². The van der Waals surface area contributed by atoms with E-state index in [9.17, 15) is 18.7 Å². The minimum absolute atomic E-state index is 0.0787. The smallest absolute Gasteiger partial charge is 0.326 e. The molecule has 4 aliphatic rings. The third kappa shape index (κ3) is 5.51. The number of furan rings is 1. The lowest BCUT2D eigenvalue weighted by Crippen LogP contribution is -2.68. The number of carbonyl (C=O) groups is 1. The fourth-order valence-electron chi connectivity index (χ4n) is 7.39. The van der Waals surface area contributed by atoms with Crippen molar-refractivity contribution >= 4 is 45.5 Å². The number of aromatic nitrogens is 5. The molecule has 4 aliphatic heterocycles. The Hall–Kier alpha value is -5.53. The van der Waals surface area contributed by atoms with Gasteiger partial charge >= 0.3 is 5.97 Å². The fourth-order valence-corrected chi connectivity index (χ4v) is 7.39. The summed E-state index contributed by atoms with van der Waals surface area (Å²) in [7, 11) is 1.83. The third-order valence-electron chi connectivity index (χ3n) is 10.2. The lowest BCUT2D eigenvalue weighted by atomic mass is 9.90. The number of alkyl halides is 2. The number of carboxylic acids is 1. The molecule has 0 amide bonds. The summed E-state index contributed by atoms with van der Waals surface area (Å²) in [6, 6.07) is 9.83. The summed E-state index contributed by atoms with van der Waals surface area (Å²) in [4.78, 5) is 32.0. The number of carboxylic acid groups (broad SMARTS) is 1. The van der Waals surface area contributed by atoms with Gasteiger partial charge in [0.15, 0.2) is 11.4 Å². The average molecular weight is 713 g/mol. The second-order valence-corrected chi connectivity index (χ2v) is 13.8. The van der Waals surface area contributed by atoms with E-state index in [1.165, 1.54) is 4.90 Å². The Bertz CT molecular complexity index is 2270. The van der Waals surface area contributed by atoms with Crippen LogP contribution in [0.15, 0.2) is 53.2 Å². The Morgan fingerprint density at radius 3 is 2.67 bits per heavy atom. The first-order chi connectivity index (χ1) is 25.1. The minimum atomic E-state index is -2.86. The van der Waals surface area contributed by atoms with Gasteiger partial charge in [0.25, 0.3) is 5.92 Å². The zero-order valence-electron chi connectivity index (χ0n) is 28.3. The molecule has 0 saturated carbocycles. The van der Waals surface area contributed by atoms with E-state index in [-0.39, 0.29) is 36.4 Å². The molecule has 4 fully saturated rings. The van der Waals surface area contributed by atoms with E-state index < -0.39 is 42.7 Å². The van der Waals surface area contributed by atoms with Crippen LogP contribution in [-0.2, 0) is 21.3 Å². The number of morpholine rings is 1. The molecule has 0 radical (unpaired) electrons. The Kier molecular flexibility index (Phi) is 7.49. The number of fused-ring (bicyclic) bond motifs is 3. The summed E-state index contributed by atoms with van der Waals surface area (Å²) in [5.41, 5.74) is 2.71. The summed E-state index contributed by atoms with van der Waals surface area (Å²) in [5, 5.41) is 15.5. The molecule has 0 aliphatic carbocycles.